The average Bonchev–Trinajstić information content (AvgIpc) is 1.62. The van der Waals surface area contributed by atoms with Gasteiger partial charge < -0.3 is 10.8 Å². The topological polar surface area (TPSA) is 46.2 Å². The molecular formula is C7H17NO. The fourth-order valence-electron chi connectivity index (χ4n) is 0.724. The van der Waals surface area contributed by atoms with Gasteiger partial charge in [-0.25, -0.2) is 0 Å². The van der Waals surface area contributed by atoms with Crippen molar-refractivity contribution >= 4 is 0 Å². The van der Waals surface area contributed by atoms with E-state index in [1.54, 1.807) is 6.92 Å². The fourth-order valence-corrected chi connectivity index (χ4v) is 0.724. The summed E-state index contributed by atoms with van der Waals surface area (Å²) in [5.41, 5.74) is 5.65. The molecule has 0 heterocycles. The third-order valence-corrected chi connectivity index (χ3v) is 1.52. The molecule has 2 heteroatoms. The van der Waals surface area contributed by atoms with Crippen molar-refractivity contribution in [3.8, 4) is 0 Å². The minimum atomic E-state index is -0.412. The van der Waals surface area contributed by atoms with Gasteiger partial charge in [0.25, 0.3) is 0 Å². The molecule has 0 bridgehead atoms. The van der Waals surface area contributed by atoms with Gasteiger partial charge in [0.05, 0.1) is 6.10 Å². The zero-order valence-corrected chi connectivity index (χ0v) is 6.68. The quantitative estimate of drug-likeness (QED) is 0.551. The van der Waals surface area contributed by atoms with Gasteiger partial charge in [-0.1, -0.05) is 20.8 Å². The number of aliphatic hydroxyl groups excluding tert-OH is 1. The second-order valence-corrected chi connectivity index (χ2v) is 3.63. The molecule has 0 aliphatic heterocycles. The third kappa shape index (κ3) is 2.82. The van der Waals surface area contributed by atoms with E-state index in [0.717, 1.165) is 0 Å². The summed E-state index contributed by atoms with van der Waals surface area (Å²) in [6, 6.07) is -0.127. The van der Waals surface area contributed by atoms with Crippen molar-refractivity contribution in [2.75, 3.05) is 0 Å². The van der Waals surface area contributed by atoms with Crippen LogP contribution in [0.25, 0.3) is 0 Å². The molecule has 0 aromatic rings. The maximum atomic E-state index is 9.03. The predicted octanol–water partition coefficient (Wildman–Crippen LogP) is 0.741. The van der Waals surface area contributed by atoms with Crippen LogP contribution in [0.1, 0.15) is 27.7 Å². The van der Waals surface area contributed by atoms with Crippen LogP contribution in [0.15, 0.2) is 0 Å². The van der Waals surface area contributed by atoms with E-state index in [2.05, 4.69) is 0 Å². The van der Waals surface area contributed by atoms with E-state index in [1.807, 2.05) is 20.8 Å². The molecule has 0 aliphatic carbocycles. The predicted molar refractivity (Wildman–Crippen MR) is 39.1 cm³/mol. The Kier molecular flexibility index (Phi) is 2.65. The van der Waals surface area contributed by atoms with Crippen LogP contribution < -0.4 is 5.73 Å². The zero-order valence-electron chi connectivity index (χ0n) is 6.68. The highest BCUT2D eigenvalue weighted by Gasteiger charge is 2.24. The van der Waals surface area contributed by atoms with Gasteiger partial charge in [-0.05, 0) is 12.3 Å². The van der Waals surface area contributed by atoms with E-state index < -0.39 is 6.10 Å². The standard InChI is InChI=1S/C7H17NO/c1-5(9)6(8)7(2,3)4/h5-6,9H,8H2,1-4H3/t5?,6-/m1/s1. The Morgan fingerprint density at radius 2 is 1.67 bits per heavy atom. The highest BCUT2D eigenvalue weighted by molar-refractivity contribution is 4.80. The molecule has 0 spiro atoms. The molecule has 3 N–H and O–H groups in total. The van der Waals surface area contributed by atoms with Crippen LogP contribution in [0.5, 0.6) is 0 Å². The summed E-state index contributed by atoms with van der Waals surface area (Å²) in [6.07, 6.45) is -0.412. The highest BCUT2D eigenvalue weighted by atomic mass is 16.3. The summed E-state index contributed by atoms with van der Waals surface area (Å²) in [7, 11) is 0. The number of nitrogens with two attached hydrogens (primary N) is 1. The largest absolute Gasteiger partial charge is 0.392 e. The number of aliphatic hydroxyl groups is 1. The maximum absolute atomic E-state index is 9.03. The molecule has 0 fully saturated rings. The molecule has 0 saturated heterocycles. The molecular weight excluding hydrogens is 114 g/mol. The summed E-state index contributed by atoms with van der Waals surface area (Å²) in [4.78, 5) is 0. The van der Waals surface area contributed by atoms with Gasteiger partial charge in [0, 0.05) is 6.04 Å². The van der Waals surface area contributed by atoms with E-state index in [0.29, 0.717) is 0 Å². The van der Waals surface area contributed by atoms with Gasteiger partial charge in [-0.3, -0.25) is 0 Å². The lowest BCUT2D eigenvalue weighted by atomic mass is 9.85. The van der Waals surface area contributed by atoms with Crippen molar-refractivity contribution < 1.29 is 5.11 Å². The summed E-state index contributed by atoms with van der Waals surface area (Å²) < 4.78 is 0. The van der Waals surface area contributed by atoms with Gasteiger partial charge in [0.15, 0.2) is 0 Å². The second kappa shape index (κ2) is 2.67. The summed E-state index contributed by atoms with van der Waals surface area (Å²) in [5, 5.41) is 9.03. The molecule has 0 aromatic carbocycles. The lowest BCUT2D eigenvalue weighted by molar-refractivity contribution is 0.108. The van der Waals surface area contributed by atoms with Crippen molar-refractivity contribution in [2.45, 2.75) is 39.8 Å². The van der Waals surface area contributed by atoms with Crippen LogP contribution in [0.4, 0.5) is 0 Å². The van der Waals surface area contributed by atoms with Gasteiger partial charge in [0.2, 0.25) is 0 Å². The molecule has 56 valence electrons. The number of rotatable bonds is 1. The molecule has 1 unspecified atom stereocenters. The lowest BCUT2D eigenvalue weighted by Gasteiger charge is -2.29. The SMILES string of the molecule is CC(O)[C@@H](N)C(C)(C)C. The highest BCUT2D eigenvalue weighted by Crippen LogP contribution is 2.19. The van der Waals surface area contributed by atoms with E-state index in [9.17, 15) is 0 Å². The van der Waals surface area contributed by atoms with Crippen LogP contribution in [0.3, 0.4) is 0 Å². The Labute approximate surface area is 57.1 Å². The van der Waals surface area contributed by atoms with Crippen molar-refractivity contribution in [2.24, 2.45) is 11.1 Å². The van der Waals surface area contributed by atoms with Crippen LogP contribution in [0, 0.1) is 5.41 Å². The molecule has 0 radical (unpaired) electrons. The first kappa shape index (κ1) is 8.92. The molecule has 0 aromatic heterocycles. The van der Waals surface area contributed by atoms with Crippen LogP contribution >= 0.6 is 0 Å². The van der Waals surface area contributed by atoms with Gasteiger partial charge >= 0.3 is 0 Å². The molecule has 0 saturated carbocycles. The fraction of sp³-hybridized carbons (Fsp3) is 1.00. The van der Waals surface area contributed by atoms with Crippen molar-refractivity contribution in [1.82, 2.24) is 0 Å². The second-order valence-electron chi connectivity index (χ2n) is 3.63. The first-order valence-electron chi connectivity index (χ1n) is 3.29. The van der Waals surface area contributed by atoms with E-state index in [1.165, 1.54) is 0 Å². The zero-order chi connectivity index (χ0) is 7.65. The Balaban J connectivity index is 3.88. The molecule has 9 heavy (non-hydrogen) atoms. The Bertz CT molecular complexity index is 83.4. The minimum absolute atomic E-state index is 0.00810. The van der Waals surface area contributed by atoms with Gasteiger partial charge in [0.1, 0.15) is 0 Å². The number of hydrogen-bond acceptors (Lipinski definition) is 2. The summed E-state index contributed by atoms with van der Waals surface area (Å²) in [6.45, 7) is 7.77. The average molecular weight is 131 g/mol. The van der Waals surface area contributed by atoms with Gasteiger partial charge in [-0.2, -0.15) is 0 Å². The Morgan fingerprint density at radius 3 is 1.67 bits per heavy atom. The van der Waals surface area contributed by atoms with Crippen molar-refractivity contribution in [3.63, 3.8) is 0 Å². The van der Waals surface area contributed by atoms with Crippen LogP contribution in [-0.4, -0.2) is 17.3 Å². The Morgan fingerprint density at radius 1 is 1.33 bits per heavy atom. The normalized spacial score (nSPS) is 19.3. The number of hydrogen-bond donors (Lipinski definition) is 2. The molecule has 2 nitrogen and oxygen atoms in total. The minimum Gasteiger partial charge on any atom is -0.392 e. The van der Waals surface area contributed by atoms with Crippen molar-refractivity contribution in [1.29, 1.82) is 0 Å². The van der Waals surface area contributed by atoms with Crippen LogP contribution in [-0.2, 0) is 0 Å². The first-order valence-corrected chi connectivity index (χ1v) is 3.29. The van der Waals surface area contributed by atoms with E-state index >= 15 is 0 Å². The van der Waals surface area contributed by atoms with E-state index in [-0.39, 0.29) is 11.5 Å². The Hall–Kier alpha value is -0.0800. The summed E-state index contributed by atoms with van der Waals surface area (Å²) >= 11 is 0. The smallest absolute Gasteiger partial charge is 0.0668 e. The molecule has 0 aliphatic rings. The summed E-state index contributed by atoms with van der Waals surface area (Å²) in [5.74, 6) is 0. The molecule has 0 amide bonds. The lowest BCUT2D eigenvalue weighted by Crippen LogP contribution is -2.43. The molecule has 2 atom stereocenters. The van der Waals surface area contributed by atoms with E-state index in [4.69, 9.17) is 10.8 Å². The third-order valence-electron chi connectivity index (χ3n) is 1.52. The maximum Gasteiger partial charge on any atom is 0.0668 e. The molecule has 0 rings (SSSR count). The van der Waals surface area contributed by atoms with Gasteiger partial charge in [-0.15, -0.1) is 0 Å². The monoisotopic (exact) mass is 131 g/mol. The van der Waals surface area contributed by atoms with Crippen LogP contribution in [0.2, 0.25) is 0 Å². The first-order chi connectivity index (χ1) is 3.85. The van der Waals surface area contributed by atoms with Crippen molar-refractivity contribution in [3.05, 3.63) is 0 Å².